The number of hydrogen-bond acceptors (Lipinski definition) is 4. The number of benzene rings is 1. The van der Waals surface area contributed by atoms with E-state index in [1.807, 2.05) is 38.1 Å². The van der Waals surface area contributed by atoms with Gasteiger partial charge in [-0.25, -0.2) is 9.48 Å². The van der Waals surface area contributed by atoms with Gasteiger partial charge in [0.25, 0.3) is 5.91 Å². The average Bonchev–Trinajstić information content (AvgIpc) is 2.88. The lowest BCUT2D eigenvalue weighted by molar-refractivity contribution is -0.139. The molecule has 0 aliphatic heterocycles. The smallest absolute Gasteiger partial charge is 0.326 e. The molecule has 0 aliphatic carbocycles. The molecule has 23 heavy (non-hydrogen) atoms. The van der Waals surface area contributed by atoms with Gasteiger partial charge in [0, 0.05) is 0 Å². The summed E-state index contributed by atoms with van der Waals surface area (Å²) in [5, 5.41) is 19.5. The summed E-state index contributed by atoms with van der Waals surface area (Å²) in [6.07, 6.45) is 1.03. The van der Waals surface area contributed by atoms with E-state index in [9.17, 15) is 9.59 Å². The number of aliphatic carboxylic acids is 1. The topological polar surface area (TPSA) is 97.1 Å². The van der Waals surface area contributed by atoms with Crippen molar-refractivity contribution >= 4 is 11.9 Å². The van der Waals surface area contributed by atoms with Crippen molar-refractivity contribution in [3.05, 3.63) is 41.2 Å². The molecule has 0 radical (unpaired) electrons. The van der Waals surface area contributed by atoms with E-state index in [0.717, 1.165) is 11.3 Å². The minimum atomic E-state index is -1.05. The zero-order chi connectivity index (χ0) is 17.0. The third kappa shape index (κ3) is 3.74. The molecule has 0 bridgehead atoms. The molecule has 122 valence electrons. The van der Waals surface area contributed by atoms with Crippen molar-refractivity contribution in [1.82, 2.24) is 20.3 Å². The number of aromatic nitrogens is 3. The fourth-order valence-electron chi connectivity index (χ4n) is 2.32. The number of carboxylic acids is 1. The van der Waals surface area contributed by atoms with Crippen LogP contribution in [-0.2, 0) is 4.79 Å². The van der Waals surface area contributed by atoms with E-state index < -0.39 is 17.9 Å². The summed E-state index contributed by atoms with van der Waals surface area (Å²) in [7, 11) is 0. The van der Waals surface area contributed by atoms with Crippen LogP contribution in [0.25, 0.3) is 5.69 Å². The molecule has 0 aliphatic rings. The summed E-state index contributed by atoms with van der Waals surface area (Å²) >= 11 is 0. The van der Waals surface area contributed by atoms with Crippen molar-refractivity contribution in [3.63, 3.8) is 0 Å². The molecule has 1 amide bonds. The lowest BCUT2D eigenvalue weighted by atomic mass is 10.1. The SMILES string of the molecule is CCCC(NC(=O)c1nnn(-c2cccc(C)c2)c1C)C(=O)O. The highest BCUT2D eigenvalue weighted by atomic mass is 16.4. The molecule has 0 fully saturated rings. The standard InChI is InChI=1S/C16H20N4O3/c1-4-6-13(16(22)23)17-15(21)14-11(3)20(19-18-14)12-8-5-7-10(2)9-12/h5,7-9,13H,4,6H2,1-3H3,(H,17,21)(H,22,23). The van der Waals surface area contributed by atoms with Gasteiger partial charge in [-0.05, 0) is 38.0 Å². The zero-order valence-corrected chi connectivity index (χ0v) is 13.4. The molecule has 7 nitrogen and oxygen atoms in total. The van der Waals surface area contributed by atoms with Gasteiger partial charge in [0.05, 0.1) is 11.4 Å². The minimum Gasteiger partial charge on any atom is -0.480 e. The second-order valence-electron chi connectivity index (χ2n) is 5.43. The Bertz CT molecular complexity index is 724. The predicted octanol–water partition coefficient (Wildman–Crippen LogP) is 1.87. The zero-order valence-electron chi connectivity index (χ0n) is 13.4. The Balaban J connectivity index is 2.24. The van der Waals surface area contributed by atoms with E-state index in [2.05, 4.69) is 15.6 Å². The van der Waals surface area contributed by atoms with E-state index in [0.29, 0.717) is 18.5 Å². The summed E-state index contributed by atoms with van der Waals surface area (Å²) in [6, 6.07) is 6.74. The Labute approximate surface area is 134 Å². The summed E-state index contributed by atoms with van der Waals surface area (Å²) in [6.45, 7) is 5.56. The highest BCUT2D eigenvalue weighted by molar-refractivity contribution is 5.95. The summed E-state index contributed by atoms with van der Waals surface area (Å²) in [4.78, 5) is 23.4. The first kappa shape index (κ1) is 16.7. The Morgan fingerprint density at radius 1 is 1.35 bits per heavy atom. The van der Waals surface area contributed by atoms with Gasteiger partial charge in [0.1, 0.15) is 6.04 Å². The number of rotatable bonds is 6. The maximum atomic E-state index is 12.3. The van der Waals surface area contributed by atoms with E-state index in [1.165, 1.54) is 0 Å². The third-order valence-electron chi connectivity index (χ3n) is 3.54. The molecule has 1 atom stereocenters. The van der Waals surface area contributed by atoms with Crippen molar-refractivity contribution < 1.29 is 14.7 Å². The van der Waals surface area contributed by atoms with Crippen LogP contribution in [0.15, 0.2) is 24.3 Å². The Kier molecular flexibility index (Phi) is 5.10. The quantitative estimate of drug-likeness (QED) is 0.848. The molecular formula is C16H20N4O3. The van der Waals surface area contributed by atoms with Gasteiger partial charge in [-0.3, -0.25) is 4.79 Å². The number of carbonyl (C=O) groups is 2. The molecule has 2 rings (SSSR count). The average molecular weight is 316 g/mol. The van der Waals surface area contributed by atoms with E-state index in [4.69, 9.17) is 5.11 Å². The monoisotopic (exact) mass is 316 g/mol. The molecule has 0 saturated carbocycles. The van der Waals surface area contributed by atoms with Crippen molar-refractivity contribution in [3.8, 4) is 5.69 Å². The van der Waals surface area contributed by atoms with Crippen LogP contribution in [0.5, 0.6) is 0 Å². The number of carbonyl (C=O) groups excluding carboxylic acids is 1. The fraction of sp³-hybridized carbons (Fsp3) is 0.375. The number of nitrogens with one attached hydrogen (secondary N) is 1. The van der Waals surface area contributed by atoms with E-state index >= 15 is 0 Å². The van der Waals surface area contributed by atoms with Crippen LogP contribution in [0.3, 0.4) is 0 Å². The Hall–Kier alpha value is -2.70. The number of carboxylic acid groups (broad SMARTS) is 1. The van der Waals surface area contributed by atoms with Gasteiger partial charge in [0.15, 0.2) is 5.69 Å². The van der Waals surface area contributed by atoms with Crippen LogP contribution < -0.4 is 5.32 Å². The summed E-state index contributed by atoms with van der Waals surface area (Å²) in [5.74, 6) is -1.58. The third-order valence-corrected chi connectivity index (χ3v) is 3.54. The van der Waals surface area contributed by atoms with Crippen LogP contribution in [0.2, 0.25) is 0 Å². The van der Waals surface area contributed by atoms with Crippen molar-refractivity contribution in [1.29, 1.82) is 0 Å². The number of aryl methyl sites for hydroxylation is 1. The predicted molar refractivity (Wildman–Crippen MR) is 84.6 cm³/mol. The van der Waals surface area contributed by atoms with Crippen LogP contribution in [0, 0.1) is 13.8 Å². The van der Waals surface area contributed by atoms with E-state index in [-0.39, 0.29) is 5.69 Å². The van der Waals surface area contributed by atoms with Gasteiger partial charge >= 0.3 is 5.97 Å². The van der Waals surface area contributed by atoms with Crippen LogP contribution >= 0.6 is 0 Å². The maximum absolute atomic E-state index is 12.3. The Morgan fingerprint density at radius 2 is 2.09 bits per heavy atom. The number of amides is 1. The molecule has 1 unspecified atom stereocenters. The molecule has 1 aromatic heterocycles. The lowest BCUT2D eigenvalue weighted by Gasteiger charge is -2.12. The minimum absolute atomic E-state index is 0.133. The number of hydrogen-bond donors (Lipinski definition) is 2. The first-order chi connectivity index (χ1) is 10.9. The Morgan fingerprint density at radius 3 is 2.70 bits per heavy atom. The molecule has 0 spiro atoms. The highest BCUT2D eigenvalue weighted by Crippen LogP contribution is 2.14. The largest absolute Gasteiger partial charge is 0.480 e. The number of nitrogens with zero attached hydrogens (tertiary/aromatic N) is 3. The van der Waals surface area contributed by atoms with E-state index in [1.54, 1.807) is 11.6 Å². The van der Waals surface area contributed by atoms with Crippen molar-refractivity contribution in [2.45, 2.75) is 39.7 Å². The van der Waals surface area contributed by atoms with Gasteiger partial charge in [-0.2, -0.15) is 0 Å². The van der Waals surface area contributed by atoms with Crippen molar-refractivity contribution in [2.75, 3.05) is 0 Å². The first-order valence-electron chi connectivity index (χ1n) is 7.47. The molecule has 2 aromatic rings. The molecule has 7 heteroatoms. The molecule has 1 heterocycles. The van der Waals surface area contributed by atoms with Crippen LogP contribution in [-0.4, -0.2) is 38.0 Å². The van der Waals surface area contributed by atoms with Gasteiger partial charge in [-0.1, -0.05) is 30.7 Å². The second-order valence-corrected chi connectivity index (χ2v) is 5.43. The molecule has 0 saturated heterocycles. The second kappa shape index (κ2) is 7.04. The molecular weight excluding hydrogens is 296 g/mol. The van der Waals surface area contributed by atoms with Gasteiger partial charge in [0.2, 0.25) is 0 Å². The fourth-order valence-corrected chi connectivity index (χ4v) is 2.32. The van der Waals surface area contributed by atoms with Crippen LogP contribution in [0.1, 0.15) is 41.5 Å². The normalized spacial score (nSPS) is 12.0. The van der Waals surface area contributed by atoms with Gasteiger partial charge < -0.3 is 10.4 Å². The summed E-state index contributed by atoms with van der Waals surface area (Å²) < 4.78 is 1.57. The van der Waals surface area contributed by atoms with Crippen LogP contribution in [0.4, 0.5) is 0 Å². The van der Waals surface area contributed by atoms with Crippen molar-refractivity contribution in [2.24, 2.45) is 0 Å². The first-order valence-corrected chi connectivity index (χ1v) is 7.47. The molecule has 1 aromatic carbocycles. The maximum Gasteiger partial charge on any atom is 0.326 e. The summed E-state index contributed by atoms with van der Waals surface area (Å²) in [5.41, 5.74) is 2.57. The van der Waals surface area contributed by atoms with Gasteiger partial charge in [-0.15, -0.1) is 5.10 Å². The molecule has 2 N–H and O–H groups in total. The lowest BCUT2D eigenvalue weighted by Crippen LogP contribution is -2.41. The highest BCUT2D eigenvalue weighted by Gasteiger charge is 2.23.